The summed E-state index contributed by atoms with van der Waals surface area (Å²) in [7, 11) is 1.62. The molecule has 0 saturated heterocycles. The number of methoxy groups -OCH3 is 1. The Morgan fingerprint density at radius 3 is 2.41 bits per heavy atom. The second-order valence-electron chi connectivity index (χ2n) is 6.65. The van der Waals surface area contributed by atoms with Gasteiger partial charge in [0.1, 0.15) is 11.6 Å². The fraction of sp³-hybridized carbons (Fsp3) is 0.333. The van der Waals surface area contributed by atoms with Gasteiger partial charge in [-0.2, -0.15) is 0 Å². The quantitative estimate of drug-likeness (QED) is 0.750. The van der Waals surface area contributed by atoms with E-state index in [1.54, 1.807) is 19.2 Å². The van der Waals surface area contributed by atoms with Crippen LogP contribution in [-0.4, -0.2) is 25.5 Å². The standard InChI is InChI=1S/C21H23FN2O3/c1-27-19-5-3-2-4-15(19)10-11-23-20(25)17-12-18(17)21(26)24-13-14-6-8-16(22)9-7-14/h2-9,17-18H,10-13H2,1H3,(H,23,25)(H,24,26). The summed E-state index contributed by atoms with van der Waals surface area (Å²) in [6.45, 7) is 0.831. The number of nitrogens with one attached hydrogen (secondary N) is 2. The Morgan fingerprint density at radius 1 is 1.04 bits per heavy atom. The molecular weight excluding hydrogens is 347 g/mol. The SMILES string of the molecule is COc1ccccc1CCNC(=O)C1CC1C(=O)NCc1ccc(F)cc1. The van der Waals surface area contributed by atoms with Crippen LogP contribution in [0.25, 0.3) is 0 Å². The molecule has 0 radical (unpaired) electrons. The van der Waals surface area contributed by atoms with E-state index in [9.17, 15) is 14.0 Å². The van der Waals surface area contributed by atoms with Gasteiger partial charge in [-0.15, -0.1) is 0 Å². The lowest BCUT2D eigenvalue weighted by Gasteiger charge is -2.09. The number of para-hydroxylation sites is 1. The summed E-state index contributed by atoms with van der Waals surface area (Å²) in [5.41, 5.74) is 1.85. The van der Waals surface area contributed by atoms with E-state index in [0.717, 1.165) is 16.9 Å². The number of amides is 2. The van der Waals surface area contributed by atoms with Gasteiger partial charge in [-0.05, 0) is 42.2 Å². The van der Waals surface area contributed by atoms with Crippen molar-refractivity contribution in [2.24, 2.45) is 11.8 Å². The third kappa shape index (κ3) is 5.06. The molecule has 0 bridgehead atoms. The minimum absolute atomic E-state index is 0.0909. The van der Waals surface area contributed by atoms with Crippen molar-refractivity contribution in [3.05, 3.63) is 65.5 Å². The van der Waals surface area contributed by atoms with Crippen molar-refractivity contribution in [1.29, 1.82) is 0 Å². The molecule has 2 N–H and O–H groups in total. The molecule has 27 heavy (non-hydrogen) atoms. The monoisotopic (exact) mass is 370 g/mol. The van der Waals surface area contributed by atoms with E-state index in [4.69, 9.17) is 4.74 Å². The molecule has 2 unspecified atom stereocenters. The van der Waals surface area contributed by atoms with Gasteiger partial charge in [0.05, 0.1) is 18.9 Å². The van der Waals surface area contributed by atoms with Crippen LogP contribution < -0.4 is 15.4 Å². The number of carbonyl (C=O) groups excluding carboxylic acids is 2. The summed E-state index contributed by atoms with van der Waals surface area (Å²) >= 11 is 0. The average molecular weight is 370 g/mol. The van der Waals surface area contributed by atoms with Crippen molar-refractivity contribution < 1.29 is 18.7 Å². The van der Waals surface area contributed by atoms with E-state index >= 15 is 0 Å². The van der Waals surface area contributed by atoms with Gasteiger partial charge in [-0.3, -0.25) is 9.59 Å². The largest absolute Gasteiger partial charge is 0.496 e. The third-order valence-corrected chi connectivity index (χ3v) is 4.73. The van der Waals surface area contributed by atoms with Crippen LogP contribution in [0.5, 0.6) is 5.75 Å². The summed E-state index contributed by atoms with van der Waals surface area (Å²) in [6, 6.07) is 13.7. The maximum absolute atomic E-state index is 12.9. The van der Waals surface area contributed by atoms with Gasteiger partial charge in [-0.25, -0.2) is 4.39 Å². The van der Waals surface area contributed by atoms with Gasteiger partial charge >= 0.3 is 0 Å². The molecule has 1 aliphatic carbocycles. The fourth-order valence-corrected chi connectivity index (χ4v) is 3.06. The Kier molecular flexibility index (Phi) is 6.06. The summed E-state index contributed by atoms with van der Waals surface area (Å²) in [6.07, 6.45) is 1.24. The molecule has 5 nitrogen and oxygen atoms in total. The number of carbonyl (C=O) groups is 2. The maximum atomic E-state index is 12.9. The van der Waals surface area contributed by atoms with Crippen molar-refractivity contribution in [3.8, 4) is 5.75 Å². The molecule has 0 aliphatic heterocycles. The van der Waals surface area contributed by atoms with Crippen molar-refractivity contribution in [2.75, 3.05) is 13.7 Å². The normalized spacial score (nSPS) is 17.9. The summed E-state index contributed by atoms with van der Waals surface area (Å²) in [4.78, 5) is 24.4. The average Bonchev–Trinajstić information content (AvgIpc) is 3.49. The van der Waals surface area contributed by atoms with E-state index in [-0.39, 0.29) is 29.5 Å². The lowest BCUT2D eigenvalue weighted by Crippen LogP contribution is -2.31. The number of hydrogen-bond donors (Lipinski definition) is 2. The van der Waals surface area contributed by atoms with E-state index < -0.39 is 0 Å². The van der Waals surface area contributed by atoms with E-state index in [2.05, 4.69) is 10.6 Å². The molecule has 3 rings (SSSR count). The Bertz CT molecular complexity index is 807. The highest BCUT2D eigenvalue weighted by atomic mass is 19.1. The first kappa shape index (κ1) is 18.9. The predicted molar refractivity (Wildman–Crippen MR) is 99.6 cm³/mol. The third-order valence-electron chi connectivity index (χ3n) is 4.73. The molecule has 1 fully saturated rings. The van der Waals surface area contributed by atoms with Crippen molar-refractivity contribution in [3.63, 3.8) is 0 Å². The van der Waals surface area contributed by atoms with Gasteiger partial charge < -0.3 is 15.4 Å². The van der Waals surface area contributed by atoms with Crippen molar-refractivity contribution >= 4 is 11.8 Å². The zero-order valence-electron chi connectivity index (χ0n) is 15.2. The number of halogens is 1. The van der Waals surface area contributed by atoms with Crippen LogP contribution in [-0.2, 0) is 22.6 Å². The van der Waals surface area contributed by atoms with E-state index in [0.29, 0.717) is 25.9 Å². The lowest BCUT2D eigenvalue weighted by atomic mass is 10.1. The van der Waals surface area contributed by atoms with Gasteiger partial charge in [0.2, 0.25) is 11.8 Å². The first-order valence-electron chi connectivity index (χ1n) is 9.00. The summed E-state index contributed by atoms with van der Waals surface area (Å²) in [5, 5.41) is 5.70. The summed E-state index contributed by atoms with van der Waals surface area (Å²) in [5.74, 6) is -0.281. The minimum atomic E-state index is -0.308. The molecule has 142 valence electrons. The zero-order chi connectivity index (χ0) is 19.2. The molecular formula is C21H23FN2O3. The zero-order valence-corrected chi connectivity index (χ0v) is 15.2. The molecule has 6 heteroatoms. The molecule has 2 aromatic rings. The van der Waals surface area contributed by atoms with Crippen LogP contribution in [0.15, 0.2) is 48.5 Å². The van der Waals surface area contributed by atoms with Crippen LogP contribution >= 0.6 is 0 Å². The molecule has 0 heterocycles. The Balaban J connectivity index is 1.39. The second-order valence-corrected chi connectivity index (χ2v) is 6.65. The van der Waals surface area contributed by atoms with Crippen LogP contribution in [0.3, 0.4) is 0 Å². The predicted octanol–water partition coefficient (Wildman–Crippen LogP) is 2.45. The van der Waals surface area contributed by atoms with Crippen LogP contribution in [0.2, 0.25) is 0 Å². The first-order chi connectivity index (χ1) is 13.1. The fourth-order valence-electron chi connectivity index (χ4n) is 3.06. The van der Waals surface area contributed by atoms with Crippen LogP contribution in [0, 0.1) is 17.7 Å². The Labute approximate surface area is 157 Å². The second kappa shape index (κ2) is 8.66. The maximum Gasteiger partial charge on any atom is 0.224 e. The van der Waals surface area contributed by atoms with Crippen molar-refractivity contribution in [1.82, 2.24) is 10.6 Å². The van der Waals surface area contributed by atoms with Gasteiger partial charge in [-0.1, -0.05) is 30.3 Å². The highest BCUT2D eigenvalue weighted by Crippen LogP contribution is 2.38. The molecule has 2 amide bonds. The van der Waals surface area contributed by atoms with Gasteiger partial charge in [0.15, 0.2) is 0 Å². The molecule has 1 saturated carbocycles. The van der Waals surface area contributed by atoms with Gasteiger partial charge in [0, 0.05) is 13.1 Å². The Hall–Kier alpha value is -2.89. The number of ether oxygens (including phenoxy) is 1. The van der Waals surface area contributed by atoms with Crippen molar-refractivity contribution in [2.45, 2.75) is 19.4 Å². The topological polar surface area (TPSA) is 67.4 Å². The highest BCUT2D eigenvalue weighted by molar-refractivity contribution is 5.92. The lowest BCUT2D eigenvalue weighted by molar-refractivity contribution is -0.127. The van der Waals surface area contributed by atoms with E-state index in [1.165, 1.54) is 12.1 Å². The number of benzene rings is 2. The Morgan fingerprint density at radius 2 is 1.70 bits per heavy atom. The number of rotatable bonds is 8. The van der Waals surface area contributed by atoms with E-state index in [1.807, 2.05) is 24.3 Å². The molecule has 1 aliphatic rings. The smallest absolute Gasteiger partial charge is 0.224 e. The minimum Gasteiger partial charge on any atom is -0.496 e. The van der Waals surface area contributed by atoms with Crippen LogP contribution in [0.4, 0.5) is 4.39 Å². The molecule has 0 aromatic heterocycles. The molecule has 2 atom stereocenters. The number of hydrogen-bond acceptors (Lipinski definition) is 3. The molecule has 2 aromatic carbocycles. The summed E-state index contributed by atoms with van der Waals surface area (Å²) < 4.78 is 18.2. The highest BCUT2D eigenvalue weighted by Gasteiger charge is 2.47. The van der Waals surface area contributed by atoms with Gasteiger partial charge in [0.25, 0.3) is 0 Å². The van der Waals surface area contributed by atoms with Crippen LogP contribution in [0.1, 0.15) is 17.5 Å². The first-order valence-corrected chi connectivity index (χ1v) is 9.00. The molecule has 0 spiro atoms.